The van der Waals surface area contributed by atoms with Crippen LogP contribution >= 0.6 is 15.9 Å². The first kappa shape index (κ1) is 15.1. The van der Waals surface area contributed by atoms with Gasteiger partial charge in [-0.05, 0) is 46.5 Å². The van der Waals surface area contributed by atoms with Crippen LogP contribution in [0.4, 0.5) is 8.78 Å². The Labute approximate surface area is 125 Å². The molecule has 2 aromatic rings. The molecule has 0 aromatic heterocycles. The SMILES string of the molecule is NNC(CCc1ccccc1)c1c(F)ccc(Br)c1F. The molecule has 5 heteroatoms. The Hall–Kier alpha value is -1.30. The van der Waals surface area contributed by atoms with Gasteiger partial charge in [0.05, 0.1) is 10.5 Å². The second kappa shape index (κ2) is 6.92. The normalized spacial score (nSPS) is 12.4. The van der Waals surface area contributed by atoms with E-state index in [0.29, 0.717) is 12.8 Å². The molecule has 0 saturated heterocycles. The van der Waals surface area contributed by atoms with Crippen molar-refractivity contribution in [1.29, 1.82) is 0 Å². The predicted octanol–water partition coefficient (Wildman–Crippen LogP) is 3.86. The van der Waals surface area contributed by atoms with Gasteiger partial charge in [0.25, 0.3) is 0 Å². The van der Waals surface area contributed by atoms with Gasteiger partial charge in [-0.2, -0.15) is 0 Å². The Balaban J connectivity index is 2.19. The van der Waals surface area contributed by atoms with E-state index in [4.69, 9.17) is 5.84 Å². The van der Waals surface area contributed by atoms with E-state index < -0.39 is 17.7 Å². The highest BCUT2D eigenvalue weighted by molar-refractivity contribution is 9.10. The van der Waals surface area contributed by atoms with Crippen molar-refractivity contribution in [3.63, 3.8) is 0 Å². The number of nitrogens with two attached hydrogens (primary N) is 1. The number of hydrazine groups is 1. The zero-order chi connectivity index (χ0) is 14.5. The first-order valence-electron chi connectivity index (χ1n) is 6.27. The molecule has 20 heavy (non-hydrogen) atoms. The summed E-state index contributed by atoms with van der Waals surface area (Å²) < 4.78 is 28.1. The van der Waals surface area contributed by atoms with Gasteiger partial charge in [0, 0.05) is 5.56 Å². The zero-order valence-electron chi connectivity index (χ0n) is 10.7. The average molecular weight is 341 g/mol. The first-order valence-corrected chi connectivity index (χ1v) is 7.06. The standard InChI is InChI=1S/C15H15BrF2N2/c16-11-7-8-12(17)14(15(11)18)13(20-19)9-6-10-4-2-1-3-5-10/h1-5,7-8,13,20H,6,9,19H2. The third-order valence-corrected chi connectivity index (χ3v) is 3.81. The molecule has 0 radical (unpaired) electrons. The second-order valence-electron chi connectivity index (χ2n) is 4.50. The van der Waals surface area contributed by atoms with Crippen LogP contribution in [0.2, 0.25) is 0 Å². The van der Waals surface area contributed by atoms with E-state index in [1.165, 1.54) is 12.1 Å². The van der Waals surface area contributed by atoms with E-state index in [0.717, 1.165) is 5.56 Å². The molecule has 3 N–H and O–H groups in total. The van der Waals surface area contributed by atoms with Crippen LogP contribution < -0.4 is 11.3 Å². The van der Waals surface area contributed by atoms with Crippen LogP contribution in [0.1, 0.15) is 23.6 Å². The fraction of sp³-hybridized carbons (Fsp3) is 0.200. The molecule has 0 aliphatic rings. The van der Waals surface area contributed by atoms with Crippen LogP contribution in [0, 0.1) is 11.6 Å². The Morgan fingerprint density at radius 1 is 1.10 bits per heavy atom. The maximum atomic E-state index is 14.0. The van der Waals surface area contributed by atoms with Crippen LogP contribution in [-0.4, -0.2) is 0 Å². The summed E-state index contributed by atoms with van der Waals surface area (Å²) in [7, 11) is 0. The average Bonchev–Trinajstić information content (AvgIpc) is 2.47. The van der Waals surface area contributed by atoms with Crippen molar-refractivity contribution in [2.45, 2.75) is 18.9 Å². The molecule has 1 unspecified atom stereocenters. The molecular formula is C15H15BrF2N2. The van der Waals surface area contributed by atoms with E-state index in [1.807, 2.05) is 30.3 Å². The second-order valence-corrected chi connectivity index (χ2v) is 5.35. The van der Waals surface area contributed by atoms with Crippen molar-refractivity contribution < 1.29 is 8.78 Å². The minimum absolute atomic E-state index is 0.0298. The molecule has 0 saturated carbocycles. The Morgan fingerprint density at radius 3 is 2.45 bits per heavy atom. The summed E-state index contributed by atoms with van der Waals surface area (Å²) in [6.07, 6.45) is 1.19. The quantitative estimate of drug-likeness (QED) is 0.492. The third kappa shape index (κ3) is 3.42. The fourth-order valence-corrected chi connectivity index (χ4v) is 2.47. The number of aryl methyl sites for hydroxylation is 1. The van der Waals surface area contributed by atoms with Crippen molar-refractivity contribution >= 4 is 15.9 Å². The van der Waals surface area contributed by atoms with Crippen LogP contribution in [0.3, 0.4) is 0 Å². The number of rotatable bonds is 5. The molecule has 1 atom stereocenters. The lowest BCUT2D eigenvalue weighted by atomic mass is 9.98. The van der Waals surface area contributed by atoms with E-state index in [1.54, 1.807) is 0 Å². The van der Waals surface area contributed by atoms with Crippen molar-refractivity contribution in [2.75, 3.05) is 0 Å². The van der Waals surface area contributed by atoms with Gasteiger partial charge in [0.2, 0.25) is 0 Å². The van der Waals surface area contributed by atoms with Crippen molar-refractivity contribution in [3.8, 4) is 0 Å². The lowest BCUT2D eigenvalue weighted by molar-refractivity contribution is 0.452. The summed E-state index contributed by atoms with van der Waals surface area (Å²) in [4.78, 5) is 0. The highest BCUT2D eigenvalue weighted by Crippen LogP contribution is 2.28. The smallest absolute Gasteiger partial charge is 0.145 e. The molecule has 2 nitrogen and oxygen atoms in total. The summed E-state index contributed by atoms with van der Waals surface area (Å²) in [5.41, 5.74) is 3.57. The minimum Gasteiger partial charge on any atom is -0.271 e. The first-order chi connectivity index (χ1) is 9.63. The van der Waals surface area contributed by atoms with E-state index in [2.05, 4.69) is 21.4 Å². The largest absolute Gasteiger partial charge is 0.271 e. The van der Waals surface area contributed by atoms with E-state index in [-0.39, 0.29) is 10.0 Å². The van der Waals surface area contributed by atoms with E-state index >= 15 is 0 Å². The lowest BCUT2D eigenvalue weighted by Gasteiger charge is -2.18. The number of halogens is 3. The topological polar surface area (TPSA) is 38.0 Å². The van der Waals surface area contributed by atoms with Crippen LogP contribution in [0.15, 0.2) is 46.9 Å². The molecule has 106 valence electrons. The number of hydrogen-bond acceptors (Lipinski definition) is 2. The monoisotopic (exact) mass is 340 g/mol. The Bertz CT molecular complexity index is 576. The summed E-state index contributed by atoms with van der Waals surface area (Å²) >= 11 is 3.06. The maximum absolute atomic E-state index is 14.0. The minimum atomic E-state index is -0.610. The number of hydrogen-bond donors (Lipinski definition) is 2. The van der Waals surface area contributed by atoms with Crippen LogP contribution in [-0.2, 0) is 6.42 Å². The molecule has 2 aromatic carbocycles. The number of nitrogens with one attached hydrogen (secondary N) is 1. The molecule has 0 heterocycles. The molecule has 0 aliphatic carbocycles. The predicted molar refractivity (Wildman–Crippen MR) is 78.9 cm³/mol. The molecule has 0 fully saturated rings. The van der Waals surface area contributed by atoms with Crippen molar-refractivity contribution in [2.24, 2.45) is 5.84 Å². The summed E-state index contributed by atoms with van der Waals surface area (Å²) in [5, 5.41) is 0. The van der Waals surface area contributed by atoms with Gasteiger partial charge in [-0.1, -0.05) is 30.3 Å². The van der Waals surface area contributed by atoms with Gasteiger partial charge in [-0.25, -0.2) is 8.78 Å². The maximum Gasteiger partial charge on any atom is 0.145 e. The molecule has 0 aliphatic heterocycles. The van der Waals surface area contributed by atoms with Gasteiger partial charge in [0.15, 0.2) is 0 Å². The van der Waals surface area contributed by atoms with E-state index in [9.17, 15) is 8.78 Å². The third-order valence-electron chi connectivity index (χ3n) is 3.19. The highest BCUT2D eigenvalue weighted by Gasteiger charge is 2.21. The number of benzene rings is 2. The molecule has 2 rings (SSSR count). The van der Waals surface area contributed by atoms with Gasteiger partial charge in [-0.3, -0.25) is 11.3 Å². The van der Waals surface area contributed by atoms with Gasteiger partial charge in [-0.15, -0.1) is 0 Å². The summed E-state index contributed by atoms with van der Waals surface area (Å²) in [5.74, 6) is 4.25. The summed E-state index contributed by atoms with van der Waals surface area (Å²) in [6, 6.07) is 11.7. The van der Waals surface area contributed by atoms with Crippen LogP contribution in [0.5, 0.6) is 0 Å². The fourth-order valence-electron chi connectivity index (χ4n) is 2.13. The van der Waals surface area contributed by atoms with Gasteiger partial charge in [0.1, 0.15) is 11.6 Å². The molecule has 0 spiro atoms. The zero-order valence-corrected chi connectivity index (χ0v) is 12.3. The molecule has 0 bridgehead atoms. The van der Waals surface area contributed by atoms with Gasteiger partial charge >= 0.3 is 0 Å². The molecular weight excluding hydrogens is 326 g/mol. The summed E-state index contributed by atoms with van der Waals surface area (Å²) in [6.45, 7) is 0. The molecule has 0 amide bonds. The van der Waals surface area contributed by atoms with Crippen molar-refractivity contribution in [1.82, 2.24) is 5.43 Å². The van der Waals surface area contributed by atoms with Crippen LogP contribution in [0.25, 0.3) is 0 Å². The lowest BCUT2D eigenvalue weighted by Crippen LogP contribution is -2.30. The highest BCUT2D eigenvalue weighted by atomic mass is 79.9. The van der Waals surface area contributed by atoms with Gasteiger partial charge < -0.3 is 0 Å². The van der Waals surface area contributed by atoms with Crippen molar-refractivity contribution in [3.05, 3.63) is 69.7 Å². The Kier molecular flexibility index (Phi) is 5.23. The Morgan fingerprint density at radius 2 is 1.80 bits per heavy atom.